The highest BCUT2D eigenvalue weighted by Gasteiger charge is 2.33. The maximum Gasteiger partial charge on any atom is 0.319 e. The number of cyclic esters (lactones) is 1. The molecule has 0 radical (unpaired) electrons. The molecule has 0 spiro atoms. The number of hydrogen-bond acceptors (Lipinski definition) is 4. The molecule has 1 aliphatic heterocycles. The number of hydrogen-bond donors (Lipinski definition) is 1. The van der Waals surface area contributed by atoms with Crippen LogP contribution in [0, 0.1) is 0 Å². The lowest BCUT2D eigenvalue weighted by atomic mass is 10.2. The van der Waals surface area contributed by atoms with Crippen LogP contribution in [0.2, 0.25) is 0 Å². The molecule has 3 rings (SSSR count). The molecule has 5 heteroatoms. The van der Waals surface area contributed by atoms with Gasteiger partial charge in [0.15, 0.2) is 5.16 Å². The van der Waals surface area contributed by atoms with Crippen molar-refractivity contribution in [1.82, 2.24) is 9.97 Å². The topological polar surface area (TPSA) is 55.0 Å². The number of nitrogens with zero attached hydrogens (tertiary/aromatic N) is 1. The summed E-state index contributed by atoms with van der Waals surface area (Å²) in [7, 11) is 0. The van der Waals surface area contributed by atoms with Crippen LogP contribution in [0.4, 0.5) is 0 Å². The Kier molecular flexibility index (Phi) is 3.29. The second kappa shape index (κ2) is 5.09. The van der Waals surface area contributed by atoms with Gasteiger partial charge in [-0.05, 0) is 12.5 Å². The van der Waals surface area contributed by atoms with Crippen LogP contribution in [0.5, 0.6) is 0 Å². The molecule has 98 valence electrons. The molecule has 1 aromatic heterocycles. The first-order chi connectivity index (χ1) is 9.22. The Bertz CT molecular complexity index is 582. The molecule has 1 aromatic carbocycles. The zero-order valence-electron chi connectivity index (χ0n) is 10.5. The minimum Gasteiger partial charge on any atom is -0.462 e. The summed E-state index contributed by atoms with van der Waals surface area (Å²) in [6, 6.07) is 9.99. The SMILES string of the molecule is CC1CC(Sc2ncc(-c3ccccc3)[nH]2)C(=O)O1. The molecule has 2 atom stereocenters. The molecule has 1 aliphatic rings. The first-order valence-corrected chi connectivity index (χ1v) is 7.08. The Labute approximate surface area is 115 Å². The summed E-state index contributed by atoms with van der Waals surface area (Å²) in [5.74, 6) is -0.143. The van der Waals surface area contributed by atoms with E-state index in [0.717, 1.165) is 22.8 Å². The van der Waals surface area contributed by atoms with Crippen molar-refractivity contribution in [3.8, 4) is 11.3 Å². The van der Waals surface area contributed by atoms with Gasteiger partial charge in [0.05, 0.1) is 11.9 Å². The van der Waals surface area contributed by atoms with E-state index in [1.807, 2.05) is 37.3 Å². The fourth-order valence-electron chi connectivity index (χ4n) is 2.08. The smallest absolute Gasteiger partial charge is 0.319 e. The quantitative estimate of drug-likeness (QED) is 0.874. The van der Waals surface area contributed by atoms with Gasteiger partial charge < -0.3 is 9.72 Å². The van der Waals surface area contributed by atoms with Crippen molar-refractivity contribution >= 4 is 17.7 Å². The van der Waals surface area contributed by atoms with Crippen LogP contribution in [0.25, 0.3) is 11.3 Å². The highest BCUT2D eigenvalue weighted by atomic mass is 32.2. The molecule has 19 heavy (non-hydrogen) atoms. The van der Waals surface area contributed by atoms with E-state index in [-0.39, 0.29) is 17.3 Å². The number of aromatic amines is 1. The zero-order chi connectivity index (χ0) is 13.2. The molecule has 0 saturated carbocycles. The number of esters is 1. The number of benzene rings is 1. The summed E-state index contributed by atoms with van der Waals surface area (Å²) in [4.78, 5) is 19.1. The molecule has 0 bridgehead atoms. The molecular formula is C14H14N2O2S. The van der Waals surface area contributed by atoms with Crippen LogP contribution in [-0.4, -0.2) is 27.3 Å². The zero-order valence-corrected chi connectivity index (χ0v) is 11.3. The van der Waals surface area contributed by atoms with Crippen LogP contribution in [0.1, 0.15) is 13.3 Å². The number of carbonyl (C=O) groups is 1. The van der Waals surface area contributed by atoms with Gasteiger partial charge in [0, 0.05) is 6.42 Å². The molecule has 0 amide bonds. The van der Waals surface area contributed by atoms with Gasteiger partial charge in [-0.1, -0.05) is 42.1 Å². The largest absolute Gasteiger partial charge is 0.462 e. The summed E-state index contributed by atoms with van der Waals surface area (Å²) in [5.41, 5.74) is 2.05. The van der Waals surface area contributed by atoms with E-state index in [4.69, 9.17) is 4.74 Å². The maximum atomic E-state index is 11.6. The van der Waals surface area contributed by atoms with Gasteiger partial charge in [0.2, 0.25) is 0 Å². The Morgan fingerprint density at radius 3 is 2.84 bits per heavy atom. The molecule has 1 N–H and O–H groups in total. The Morgan fingerprint density at radius 1 is 1.37 bits per heavy atom. The van der Waals surface area contributed by atoms with E-state index in [9.17, 15) is 4.79 Å². The third kappa shape index (κ3) is 2.66. The minimum absolute atomic E-state index is 0.00792. The van der Waals surface area contributed by atoms with Gasteiger partial charge in [-0.3, -0.25) is 4.79 Å². The van der Waals surface area contributed by atoms with Crippen LogP contribution in [0.3, 0.4) is 0 Å². The Hall–Kier alpha value is -1.75. The van der Waals surface area contributed by atoms with E-state index in [1.165, 1.54) is 11.8 Å². The second-order valence-electron chi connectivity index (χ2n) is 4.56. The lowest BCUT2D eigenvalue weighted by Gasteiger charge is -2.01. The number of carbonyl (C=O) groups excluding carboxylic acids is 1. The van der Waals surface area contributed by atoms with Crippen LogP contribution < -0.4 is 0 Å². The lowest BCUT2D eigenvalue weighted by Crippen LogP contribution is -2.09. The number of H-pyrrole nitrogens is 1. The van der Waals surface area contributed by atoms with Gasteiger partial charge in [-0.25, -0.2) is 4.98 Å². The summed E-state index contributed by atoms with van der Waals surface area (Å²) in [6.45, 7) is 1.91. The molecule has 4 nitrogen and oxygen atoms in total. The molecule has 1 saturated heterocycles. The second-order valence-corrected chi connectivity index (χ2v) is 5.75. The van der Waals surface area contributed by atoms with Gasteiger partial charge in [0.1, 0.15) is 11.4 Å². The average Bonchev–Trinajstić information content (AvgIpc) is 2.99. The van der Waals surface area contributed by atoms with Crippen LogP contribution >= 0.6 is 11.8 Å². The first kappa shape index (κ1) is 12.3. The third-order valence-electron chi connectivity index (χ3n) is 3.02. The predicted octanol–water partition coefficient (Wildman–Crippen LogP) is 2.87. The van der Waals surface area contributed by atoms with Crippen molar-refractivity contribution in [1.29, 1.82) is 0 Å². The number of thioether (sulfide) groups is 1. The molecule has 2 aromatic rings. The van der Waals surface area contributed by atoms with Crippen molar-refractivity contribution in [2.75, 3.05) is 0 Å². The summed E-state index contributed by atoms with van der Waals surface area (Å²) >= 11 is 1.44. The number of nitrogens with one attached hydrogen (secondary N) is 1. The van der Waals surface area contributed by atoms with Gasteiger partial charge in [-0.15, -0.1) is 0 Å². The summed E-state index contributed by atoms with van der Waals surface area (Å²) < 4.78 is 5.14. The van der Waals surface area contributed by atoms with E-state index < -0.39 is 0 Å². The average molecular weight is 274 g/mol. The fourth-order valence-corrected chi connectivity index (χ4v) is 3.15. The van der Waals surface area contributed by atoms with Crippen LogP contribution in [-0.2, 0) is 9.53 Å². The Morgan fingerprint density at radius 2 is 2.16 bits per heavy atom. The van der Waals surface area contributed by atoms with Gasteiger partial charge in [-0.2, -0.15) is 0 Å². The van der Waals surface area contributed by atoms with Crippen molar-refractivity contribution in [2.24, 2.45) is 0 Å². The third-order valence-corrected chi connectivity index (χ3v) is 4.12. The normalized spacial score (nSPS) is 22.5. The minimum atomic E-state index is -0.148. The molecule has 1 fully saturated rings. The Balaban J connectivity index is 1.74. The first-order valence-electron chi connectivity index (χ1n) is 6.20. The van der Waals surface area contributed by atoms with Gasteiger partial charge >= 0.3 is 5.97 Å². The van der Waals surface area contributed by atoms with Crippen molar-refractivity contribution in [3.05, 3.63) is 36.5 Å². The van der Waals surface area contributed by atoms with Gasteiger partial charge in [0.25, 0.3) is 0 Å². The fraction of sp³-hybridized carbons (Fsp3) is 0.286. The summed E-state index contributed by atoms with van der Waals surface area (Å²) in [5, 5.41) is 0.611. The highest BCUT2D eigenvalue weighted by Crippen LogP contribution is 2.31. The van der Waals surface area contributed by atoms with Crippen molar-refractivity contribution < 1.29 is 9.53 Å². The highest BCUT2D eigenvalue weighted by molar-refractivity contribution is 8.00. The molecule has 2 heterocycles. The number of rotatable bonds is 3. The summed E-state index contributed by atoms with van der Waals surface area (Å²) in [6.07, 6.45) is 2.54. The number of imidazole rings is 1. The molecule has 0 aliphatic carbocycles. The monoisotopic (exact) mass is 274 g/mol. The maximum absolute atomic E-state index is 11.6. The van der Waals surface area contributed by atoms with E-state index >= 15 is 0 Å². The standard InChI is InChI=1S/C14H14N2O2S/c1-9-7-12(13(17)18-9)19-14-15-8-11(16-14)10-5-3-2-4-6-10/h2-6,8-9,12H,7H2,1H3,(H,15,16). The van der Waals surface area contributed by atoms with E-state index in [2.05, 4.69) is 9.97 Å². The van der Waals surface area contributed by atoms with E-state index in [0.29, 0.717) is 0 Å². The lowest BCUT2D eigenvalue weighted by molar-refractivity contribution is -0.140. The van der Waals surface area contributed by atoms with Crippen LogP contribution in [0.15, 0.2) is 41.7 Å². The molecule has 2 unspecified atom stereocenters. The van der Waals surface area contributed by atoms with Crippen molar-refractivity contribution in [3.63, 3.8) is 0 Å². The predicted molar refractivity (Wildman–Crippen MR) is 73.8 cm³/mol. The number of aromatic nitrogens is 2. The molecular weight excluding hydrogens is 260 g/mol. The number of ether oxygens (including phenoxy) is 1. The van der Waals surface area contributed by atoms with E-state index in [1.54, 1.807) is 6.20 Å². The van der Waals surface area contributed by atoms with Crippen molar-refractivity contribution in [2.45, 2.75) is 29.9 Å².